The monoisotopic (exact) mass is 695 g/mol. The normalized spacial score (nSPS) is 18.8. The van der Waals surface area contributed by atoms with Gasteiger partial charge in [0.05, 0.1) is 5.75 Å². The zero-order valence-electron chi connectivity index (χ0n) is 23.0. The average molecular weight is 697 g/mol. The van der Waals surface area contributed by atoms with Crippen molar-refractivity contribution >= 4 is 75.0 Å². The van der Waals surface area contributed by atoms with Crippen molar-refractivity contribution in [3.05, 3.63) is 63.5 Å². The SMILES string of the molecule is Cc1cc(SCC2=C(C(=O)O)N3C(=O)[C@@H](NC(=O)CSc4cccc(Br)c4)[C@H]3SC2)cc(C)[n+]1CCC[C@H](N)C(=O)O. The maximum atomic E-state index is 13.0. The molecule has 10 nitrogen and oxygen atoms in total. The Balaban J connectivity index is 1.36. The maximum absolute atomic E-state index is 13.0. The predicted molar refractivity (Wildman–Crippen MR) is 166 cm³/mol. The van der Waals surface area contributed by atoms with Crippen LogP contribution < -0.4 is 15.6 Å². The van der Waals surface area contributed by atoms with Crippen molar-refractivity contribution in [1.29, 1.82) is 0 Å². The van der Waals surface area contributed by atoms with Crippen molar-refractivity contribution in [2.45, 2.75) is 60.5 Å². The fraction of sp³-hybridized carbons (Fsp3) is 0.393. The van der Waals surface area contributed by atoms with E-state index in [1.54, 1.807) is 0 Å². The average Bonchev–Trinajstić information content (AvgIpc) is 2.94. The summed E-state index contributed by atoms with van der Waals surface area (Å²) in [5.74, 6) is -1.86. The molecule has 42 heavy (non-hydrogen) atoms. The van der Waals surface area contributed by atoms with Gasteiger partial charge < -0.3 is 21.3 Å². The van der Waals surface area contributed by atoms with E-state index in [0.717, 1.165) is 25.7 Å². The number of carboxylic acid groups (broad SMARTS) is 2. The molecule has 0 radical (unpaired) electrons. The van der Waals surface area contributed by atoms with Gasteiger partial charge in [-0.15, -0.1) is 35.3 Å². The van der Waals surface area contributed by atoms with E-state index in [-0.39, 0.29) is 17.4 Å². The van der Waals surface area contributed by atoms with Crippen LogP contribution in [0.5, 0.6) is 0 Å². The van der Waals surface area contributed by atoms with Gasteiger partial charge in [0, 0.05) is 58.2 Å². The first-order chi connectivity index (χ1) is 20.0. The Kier molecular flexibility index (Phi) is 11.0. The topological polar surface area (TPSA) is 154 Å². The summed E-state index contributed by atoms with van der Waals surface area (Å²) in [4.78, 5) is 52.0. The molecular formula is C28H32BrN4O6S3+. The highest BCUT2D eigenvalue weighted by Crippen LogP contribution is 2.41. The summed E-state index contributed by atoms with van der Waals surface area (Å²) < 4.78 is 3.02. The van der Waals surface area contributed by atoms with Crippen molar-refractivity contribution in [1.82, 2.24) is 10.2 Å². The molecule has 0 unspecified atom stereocenters. The zero-order valence-corrected chi connectivity index (χ0v) is 27.1. The van der Waals surface area contributed by atoms with E-state index in [0.29, 0.717) is 36.5 Å². The molecule has 1 saturated heterocycles. The Bertz CT molecular complexity index is 1420. The number of β-lactam (4-membered cyclic amide) rings is 1. The van der Waals surface area contributed by atoms with E-state index in [1.165, 1.54) is 40.2 Å². The van der Waals surface area contributed by atoms with Crippen LogP contribution in [0.1, 0.15) is 24.2 Å². The number of nitrogens with one attached hydrogen (secondary N) is 1. The summed E-state index contributed by atoms with van der Waals surface area (Å²) in [5.41, 5.74) is 8.28. The molecule has 3 atom stereocenters. The van der Waals surface area contributed by atoms with Crippen LogP contribution >= 0.6 is 51.2 Å². The lowest BCUT2D eigenvalue weighted by Crippen LogP contribution is -2.70. The fourth-order valence-electron chi connectivity index (χ4n) is 4.80. The Morgan fingerprint density at radius 3 is 2.52 bits per heavy atom. The number of aryl methyl sites for hydroxylation is 2. The number of aromatic nitrogens is 1. The first-order valence-corrected chi connectivity index (χ1v) is 17.0. The molecule has 14 heteroatoms. The summed E-state index contributed by atoms with van der Waals surface area (Å²) in [6.45, 7) is 4.59. The van der Waals surface area contributed by atoms with E-state index in [2.05, 4.69) is 25.8 Å². The molecule has 2 aliphatic heterocycles. The highest BCUT2D eigenvalue weighted by atomic mass is 79.9. The number of amides is 2. The molecule has 2 amide bonds. The first kappa shape index (κ1) is 32.4. The Morgan fingerprint density at radius 1 is 1.17 bits per heavy atom. The number of pyridine rings is 1. The Morgan fingerprint density at radius 2 is 1.88 bits per heavy atom. The van der Waals surface area contributed by atoms with Crippen molar-refractivity contribution in [2.24, 2.45) is 5.73 Å². The molecule has 1 aromatic carbocycles. The molecule has 4 rings (SSSR count). The summed E-state index contributed by atoms with van der Waals surface area (Å²) in [5, 5.41) is 21.3. The third kappa shape index (κ3) is 7.70. The molecule has 2 aliphatic rings. The third-order valence-corrected chi connectivity index (χ3v) is 10.8. The number of hydrogen-bond donors (Lipinski definition) is 4. The van der Waals surface area contributed by atoms with E-state index < -0.39 is 35.3 Å². The second-order valence-corrected chi connectivity index (χ2v) is 14.1. The number of nitrogens with zero attached hydrogens (tertiary/aromatic N) is 2. The molecule has 1 aromatic heterocycles. The molecule has 0 saturated carbocycles. The number of thioether (sulfide) groups is 3. The van der Waals surface area contributed by atoms with E-state index in [1.807, 2.05) is 50.2 Å². The Labute approximate surface area is 265 Å². The number of halogens is 1. The second kappa shape index (κ2) is 14.3. The van der Waals surface area contributed by atoms with Crippen molar-refractivity contribution in [2.75, 3.05) is 17.3 Å². The number of carbonyl (C=O) groups is 4. The molecule has 2 aromatic rings. The van der Waals surface area contributed by atoms with Crippen LogP contribution in [0.15, 0.2) is 61.9 Å². The third-order valence-electron chi connectivity index (χ3n) is 6.91. The summed E-state index contributed by atoms with van der Waals surface area (Å²) in [7, 11) is 0. The second-order valence-electron chi connectivity index (χ2n) is 9.96. The standard InChI is InChI=1S/C28H31BrN4O6S3/c1-15-9-20(10-16(2)32(15)8-4-7-21(30)27(36)37)40-12-17-13-42-26-23(25(35)33(26)24(17)28(38)39)31-22(34)14-41-19-6-3-5-18(29)11-19/h3,5-6,9-11,21,23,26H,4,7-8,12-14,30H2,1-2H3,(H2-,31,34,36,37,38,39)/p+1/t21-,23+,26+/m0/s1. The van der Waals surface area contributed by atoms with Crippen molar-refractivity contribution in [3.63, 3.8) is 0 Å². The number of fused-ring (bicyclic) bond motifs is 1. The number of aliphatic carboxylic acids is 2. The molecule has 1 fully saturated rings. The first-order valence-electron chi connectivity index (χ1n) is 13.2. The van der Waals surface area contributed by atoms with Gasteiger partial charge in [-0.25, -0.2) is 9.36 Å². The number of nitrogens with two attached hydrogens (primary N) is 1. The van der Waals surface area contributed by atoms with Gasteiger partial charge in [0.25, 0.3) is 5.91 Å². The van der Waals surface area contributed by atoms with Crippen molar-refractivity contribution in [3.8, 4) is 0 Å². The van der Waals surface area contributed by atoms with Gasteiger partial charge in [0.15, 0.2) is 11.4 Å². The number of rotatable bonds is 13. The molecule has 5 N–H and O–H groups in total. The van der Waals surface area contributed by atoms with Gasteiger partial charge in [-0.3, -0.25) is 19.3 Å². The lowest BCUT2D eigenvalue weighted by atomic mass is 10.0. The smallest absolute Gasteiger partial charge is 0.352 e. The molecule has 0 aliphatic carbocycles. The molecule has 0 spiro atoms. The van der Waals surface area contributed by atoms with E-state index in [4.69, 9.17) is 10.8 Å². The van der Waals surface area contributed by atoms with Crippen molar-refractivity contribution < 1.29 is 34.0 Å². The maximum Gasteiger partial charge on any atom is 0.352 e. The number of carboxylic acids is 2. The van der Waals surface area contributed by atoms with Gasteiger partial charge in [-0.2, -0.15) is 0 Å². The van der Waals surface area contributed by atoms with Crippen LogP contribution in [0.2, 0.25) is 0 Å². The minimum Gasteiger partial charge on any atom is -0.480 e. The lowest BCUT2D eigenvalue weighted by Gasteiger charge is -2.49. The van der Waals surface area contributed by atoms with Crippen LogP contribution in [-0.4, -0.2) is 73.6 Å². The van der Waals surface area contributed by atoms with Gasteiger partial charge >= 0.3 is 11.9 Å². The zero-order chi connectivity index (χ0) is 30.6. The molecule has 3 heterocycles. The molecular weight excluding hydrogens is 664 g/mol. The van der Waals surface area contributed by atoms with Crippen LogP contribution in [0.4, 0.5) is 0 Å². The quantitative estimate of drug-likeness (QED) is 0.140. The predicted octanol–water partition coefficient (Wildman–Crippen LogP) is 3.17. The fourth-order valence-corrected chi connectivity index (χ4v) is 8.68. The van der Waals surface area contributed by atoms with Gasteiger partial charge in [-0.1, -0.05) is 22.0 Å². The molecule has 0 bridgehead atoms. The van der Waals surface area contributed by atoms with Crippen LogP contribution in [0.25, 0.3) is 0 Å². The largest absolute Gasteiger partial charge is 0.480 e. The van der Waals surface area contributed by atoms with Crippen LogP contribution in [0.3, 0.4) is 0 Å². The van der Waals surface area contributed by atoms with Gasteiger partial charge in [-0.05, 0) is 30.2 Å². The van der Waals surface area contributed by atoms with Gasteiger partial charge in [0.1, 0.15) is 29.7 Å². The summed E-state index contributed by atoms with van der Waals surface area (Å²) in [6, 6.07) is 9.98. The Hall–Kier alpha value is -2.52. The molecule has 224 valence electrons. The van der Waals surface area contributed by atoms with E-state index >= 15 is 0 Å². The highest BCUT2D eigenvalue weighted by Gasteiger charge is 2.54. The van der Waals surface area contributed by atoms with Gasteiger partial charge in [0.2, 0.25) is 5.91 Å². The highest BCUT2D eigenvalue weighted by molar-refractivity contribution is 9.10. The number of carbonyl (C=O) groups excluding carboxylic acids is 2. The lowest BCUT2D eigenvalue weighted by molar-refractivity contribution is -0.709. The van der Waals surface area contributed by atoms with E-state index in [9.17, 15) is 24.3 Å². The van der Waals surface area contributed by atoms with Crippen LogP contribution in [0, 0.1) is 13.8 Å². The minimum atomic E-state index is -1.16. The van der Waals surface area contributed by atoms with Crippen LogP contribution in [-0.2, 0) is 25.7 Å². The number of hydrogen-bond acceptors (Lipinski definition) is 8. The summed E-state index contributed by atoms with van der Waals surface area (Å²) >= 11 is 7.73. The number of benzene rings is 1. The minimum absolute atomic E-state index is 0.000493. The summed E-state index contributed by atoms with van der Waals surface area (Å²) in [6.07, 6.45) is 1.02.